The average Bonchev–Trinajstić information content (AvgIpc) is 2.93. The van der Waals surface area contributed by atoms with Gasteiger partial charge in [-0.05, 0) is 25.3 Å². The zero-order chi connectivity index (χ0) is 14.8. The maximum absolute atomic E-state index is 4.74. The highest BCUT2D eigenvalue weighted by atomic mass is 127. The van der Waals surface area contributed by atoms with Gasteiger partial charge in [-0.15, -0.1) is 24.0 Å². The minimum absolute atomic E-state index is 0. The van der Waals surface area contributed by atoms with Crippen LogP contribution in [0.1, 0.15) is 33.6 Å². The third kappa shape index (κ3) is 8.28. The molecule has 0 saturated heterocycles. The Kier molecular flexibility index (Phi) is 11.4. The van der Waals surface area contributed by atoms with E-state index in [4.69, 9.17) is 4.99 Å². The second-order valence-corrected chi connectivity index (χ2v) is 5.30. The maximum Gasteiger partial charge on any atom is 0.193 e. The number of rotatable bonds is 8. The molecule has 1 rings (SSSR count). The molecule has 122 valence electrons. The molecule has 1 unspecified atom stereocenters. The molecule has 0 spiro atoms. The van der Waals surface area contributed by atoms with Crippen molar-refractivity contribution < 1.29 is 0 Å². The largest absolute Gasteiger partial charge is 0.357 e. The van der Waals surface area contributed by atoms with Crippen molar-refractivity contribution in [2.75, 3.05) is 26.7 Å². The molecule has 0 fully saturated rings. The van der Waals surface area contributed by atoms with Crippen LogP contribution >= 0.6 is 24.0 Å². The van der Waals surface area contributed by atoms with Crippen LogP contribution < -0.4 is 5.32 Å². The third-order valence-electron chi connectivity index (χ3n) is 3.15. The van der Waals surface area contributed by atoms with E-state index in [1.54, 1.807) is 0 Å². The summed E-state index contributed by atoms with van der Waals surface area (Å²) in [5, 5.41) is 7.60. The average molecular weight is 407 g/mol. The van der Waals surface area contributed by atoms with Crippen LogP contribution in [0.4, 0.5) is 0 Å². The fourth-order valence-corrected chi connectivity index (χ4v) is 2.00. The number of halogens is 1. The van der Waals surface area contributed by atoms with Crippen LogP contribution in [0, 0.1) is 5.92 Å². The van der Waals surface area contributed by atoms with E-state index in [0.29, 0.717) is 5.92 Å². The Morgan fingerprint density at radius 2 is 2.19 bits per heavy atom. The van der Waals surface area contributed by atoms with E-state index in [2.05, 4.69) is 43.1 Å². The van der Waals surface area contributed by atoms with E-state index < -0.39 is 0 Å². The summed E-state index contributed by atoms with van der Waals surface area (Å²) in [4.78, 5) is 6.95. The molecule has 5 nitrogen and oxygen atoms in total. The van der Waals surface area contributed by atoms with Crippen LogP contribution in [0.25, 0.3) is 0 Å². The SMILES string of the molecule is CCCCN(C)C(=NCC(C)Cn1cccn1)NCC.I. The Labute approximate surface area is 146 Å². The second-order valence-electron chi connectivity index (χ2n) is 5.30. The highest BCUT2D eigenvalue weighted by molar-refractivity contribution is 14.0. The van der Waals surface area contributed by atoms with Gasteiger partial charge in [-0.3, -0.25) is 9.67 Å². The lowest BCUT2D eigenvalue weighted by Gasteiger charge is -2.22. The predicted molar refractivity (Wildman–Crippen MR) is 100 cm³/mol. The number of hydrogen-bond acceptors (Lipinski definition) is 2. The molecule has 0 aliphatic rings. The van der Waals surface area contributed by atoms with Gasteiger partial charge in [0.15, 0.2) is 5.96 Å². The van der Waals surface area contributed by atoms with Gasteiger partial charge in [0, 0.05) is 45.6 Å². The lowest BCUT2D eigenvalue weighted by atomic mass is 10.2. The van der Waals surface area contributed by atoms with Crippen molar-refractivity contribution in [1.29, 1.82) is 0 Å². The summed E-state index contributed by atoms with van der Waals surface area (Å²) in [7, 11) is 2.11. The van der Waals surface area contributed by atoms with Gasteiger partial charge in [-0.1, -0.05) is 20.3 Å². The van der Waals surface area contributed by atoms with Crippen LogP contribution in [0.3, 0.4) is 0 Å². The first-order chi connectivity index (χ1) is 9.67. The smallest absolute Gasteiger partial charge is 0.193 e. The molecule has 1 heterocycles. The predicted octanol–water partition coefficient (Wildman–Crippen LogP) is 2.83. The van der Waals surface area contributed by atoms with Crippen LogP contribution in [-0.4, -0.2) is 47.3 Å². The number of aliphatic imine (C=N–C) groups is 1. The number of unbranched alkanes of at least 4 members (excludes halogenated alkanes) is 1. The minimum atomic E-state index is 0. The molecule has 0 radical (unpaired) electrons. The van der Waals surface area contributed by atoms with Gasteiger partial charge in [0.05, 0.1) is 0 Å². The number of nitrogens with zero attached hydrogens (tertiary/aromatic N) is 4. The van der Waals surface area contributed by atoms with Crippen molar-refractivity contribution in [3.63, 3.8) is 0 Å². The Morgan fingerprint density at radius 3 is 2.76 bits per heavy atom. The zero-order valence-electron chi connectivity index (χ0n) is 13.7. The van der Waals surface area contributed by atoms with E-state index in [9.17, 15) is 0 Å². The summed E-state index contributed by atoms with van der Waals surface area (Å²) >= 11 is 0. The molecule has 6 heteroatoms. The fraction of sp³-hybridized carbons (Fsp3) is 0.733. The van der Waals surface area contributed by atoms with Crippen LogP contribution in [0.2, 0.25) is 0 Å². The lowest BCUT2D eigenvalue weighted by Crippen LogP contribution is -2.39. The minimum Gasteiger partial charge on any atom is -0.357 e. The Morgan fingerprint density at radius 1 is 1.43 bits per heavy atom. The molecular weight excluding hydrogens is 377 g/mol. The quantitative estimate of drug-likeness (QED) is 0.410. The Balaban J connectivity index is 0.00000400. The second kappa shape index (κ2) is 11.8. The summed E-state index contributed by atoms with van der Waals surface area (Å²) < 4.78 is 1.97. The lowest BCUT2D eigenvalue weighted by molar-refractivity contribution is 0.441. The van der Waals surface area contributed by atoms with Gasteiger partial charge < -0.3 is 10.2 Å². The van der Waals surface area contributed by atoms with Gasteiger partial charge in [-0.25, -0.2) is 0 Å². The van der Waals surface area contributed by atoms with Gasteiger partial charge in [0.25, 0.3) is 0 Å². The topological polar surface area (TPSA) is 45.5 Å². The van der Waals surface area contributed by atoms with Gasteiger partial charge in [-0.2, -0.15) is 5.10 Å². The van der Waals surface area contributed by atoms with Crippen molar-refractivity contribution in [3.8, 4) is 0 Å². The fourth-order valence-electron chi connectivity index (χ4n) is 2.00. The summed E-state index contributed by atoms with van der Waals surface area (Å²) in [5.41, 5.74) is 0. The summed E-state index contributed by atoms with van der Waals surface area (Å²) in [5.74, 6) is 1.48. The first kappa shape index (κ1) is 20.2. The molecule has 0 aliphatic carbocycles. The number of nitrogens with one attached hydrogen (secondary N) is 1. The molecule has 0 saturated carbocycles. The van der Waals surface area contributed by atoms with E-state index in [1.165, 1.54) is 12.8 Å². The van der Waals surface area contributed by atoms with Crippen molar-refractivity contribution in [3.05, 3.63) is 18.5 Å². The molecule has 21 heavy (non-hydrogen) atoms. The summed E-state index contributed by atoms with van der Waals surface area (Å²) in [6, 6.07) is 1.96. The van der Waals surface area contributed by atoms with Gasteiger partial charge in [0.1, 0.15) is 0 Å². The standard InChI is InChI=1S/C15H29N5.HI/c1-5-7-10-19(4)15(16-6-2)17-12-14(3)13-20-11-8-9-18-20;/h8-9,11,14H,5-7,10,12-13H2,1-4H3,(H,16,17);1H. The number of aromatic nitrogens is 2. The third-order valence-corrected chi connectivity index (χ3v) is 3.15. The maximum atomic E-state index is 4.74. The monoisotopic (exact) mass is 407 g/mol. The Hall–Kier alpha value is -0.790. The van der Waals surface area contributed by atoms with Crippen molar-refractivity contribution in [2.24, 2.45) is 10.9 Å². The molecule has 0 aromatic carbocycles. The highest BCUT2D eigenvalue weighted by Crippen LogP contribution is 2.01. The van der Waals surface area contributed by atoms with Gasteiger partial charge >= 0.3 is 0 Å². The first-order valence-corrected chi connectivity index (χ1v) is 7.64. The van der Waals surface area contributed by atoms with Crippen LogP contribution in [0.15, 0.2) is 23.5 Å². The molecule has 0 aliphatic heterocycles. The van der Waals surface area contributed by atoms with Gasteiger partial charge in [0.2, 0.25) is 0 Å². The molecule has 1 atom stereocenters. The van der Waals surface area contributed by atoms with Crippen molar-refractivity contribution in [1.82, 2.24) is 20.0 Å². The molecule has 1 aromatic heterocycles. The summed E-state index contributed by atoms with van der Waals surface area (Å²) in [6.45, 7) is 10.2. The van der Waals surface area contributed by atoms with Crippen molar-refractivity contribution in [2.45, 2.75) is 40.2 Å². The molecule has 1 N–H and O–H groups in total. The normalized spacial score (nSPS) is 12.7. The number of hydrogen-bond donors (Lipinski definition) is 1. The van der Waals surface area contributed by atoms with Crippen molar-refractivity contribution >= 4 is 29.9 Å². The first-order valence-electron chi connectivity index (χ1n) is 7.64. The number of guanidine groups is 1. The summed E-state index contributed by atoms with van der Waals surface area (Å²) in [6.07, 6.45) is 6.22. The van der Waals surface area contributed by atoms with Crippen LogP contribution in [-0.2, 0) is 6.54 Å². The van der Waals surface area contributed by atoms with E-state index >= 15 is 0 Å². The molecule has 0 bridgehead atoms. The highest BCUT2D eigenvalue weighted by Gasteiger charge is 2.07. The zero-order valence-corrected chi connectivity index (χ0v) is 16.1. The molecule has 1 aromatic rings. The van der Waals surface area contributed by atoms with Crippen LogP contribution in [0.5, 0.6) is 0 Å². The van der Waals surface area contributed by atoms with E-state index in [1.807, 2.05) is 23.1 Å². The van der Waals surface area contributed by atoms with E-state index in [-0.39, 0.29) is 24.0 Å². The van der Waals surface area contributed by atoms with E-state index in [0.717, 1.165) is 32.1 Å². The molecule has 0 amide bonds. The Bertz CT molecular complexity index is 377. The molecular formula is C15H30IN5.